The summed E-state index contributed by atoms with van der Waals surface area (Å²) in [6.07, 6.45) is -12.3. The molecule has 10 rings (SSSR count). The lowest BCUT2D eigenvalue weighted by Gasteiger charge is -2.50. The average molecular weight is 1110 g/mol. The third-order valence-electron chi connectivity index (χ3n) is 14.8. The first-order chi connectivity index (χ1) is 40.4. The van der Waals surface area contributed by atoms with Crippen molar-refractivity contribution in [1.29, 1.82) is 0 Å². The predicted octanol–water partition coefficient (Wildman–Crippen LogP) is 11.2. The fourth-order valence-electron chi connectivity index (χ4n) is 10.4. The Balaban J connectivity index is 1.01. The Morgan fingerprint density at radius 2 is 0.671 bits per heavy atom. The molecule has 13 nitrogen and oxygen atoms in total. The van der Waals surface area contributed by atoms with E-state index in [0.717, 1.165) is 50.1 Å². The van der Waals surface area contributed by atoms with Crippen LogP contribution in [0.4, 0.5) is 0 Å². The number of methoxy groups -OCH3 is 2. The molecule has 1 saturated carbocycles. The Morgan fingerprint density at radius 3 is 1.11 bits per heavy atom. The number of ether oxygens (including phenoxy) is 11. The zero-order valence-corrected chi connectivity index (χ0v) is 46.3. The van der Waals surface area contributed by atoms with Gasteiger partial charge in [-0.2, -0.15) is 0 Å². The summed E-state index contributed by atoms with van der Waals surface area (Å²) >= 11 is 0. The molecule has 0 amide bonds. The molecule has 0 spiro atoms. The highest BCUT2D eigenvalue weighted by Crippen LogP contribution is 2.38. The maximum atomic E-state index is 12.8. The van der Waals surface area contributed by atoms with E-state index < -0.39 is 67.3 Å². The highest BCUT2D eigenvalue weighted by Gasteiger charge is 2.56. The quantitative estimate of drug-likeness (QED) is 0.0505. The molecule has 1 saturated heterocycles. The standard InChI is InChI=1S/C69H72O13/c1-72-57-38-37-56(39-58(57)73-2)55-35-33-54(34-36-55)46-76-63-60(70)61(71)64(67(79-44-52-29-17-7-18-30-52)66(63)78-43-51-27-15-6-16-28-51)82-69-68(80-45-53-31-19-8-20-32-53)65(77-42-50-25-13-5-14-26-50)62(75-41-49-23-11-4-12-24-49)59(81-69)47-74-40-48-21-9-3-10-22-48/h3-39,59-71H,40-47H2,1-2H3/t59-,60+,61-,62-,63+,64+,65+,66-,67-,68+,69-/m1/s1. The van der Waals surface area contributed by atoms with Crippen molar-refractivity contribution in [2.45, 2.75) is 114 Å². The highest BCUT2D eigenvalue weighted by molar-refractivity contribution is 5.67. The largest absolute Gasteiger partial charge is 0.493 e. The first-order valence-electron chi connectivity index (χ1n) is 27.9. The lowest BCUT2D eigenvalue weighted by atomic mass is 9.83. The molecular weight excluding hydrogens is 1040 g/mol. The summed E-state index contributed by atoms with van der Waals surface area (Å²) in [6, 6.07) is 72.8. The zero-order chi connectivity index (χ0) is 56.3. The molecule has 8 aromatic carbocycles. The molecule has 2 fully saturated rings. The van der Waals surface area contributed by atoms with Crippen molar-refractivity contribution in [3.05, 3.63) is 263 Å². The number of aliphatic hydroxyl groups excluding tert-OH is 2. The van der Waals surface area contributed by atoms with E-state index in [1.165, 1.54) is 0 Å². The maximum absolute atomic E-state index is 12.8. The van der Waals surface area contributed by atoms with Gasteiger partial charge in [-0.25, -0.2) is 0 Å². The van der Waals surface area contributed by atoms with Gasteiger partial charge in [0.25, 0.3) is 0 Å². The van der Waals surface area contributed by atoms with Gasteiger partial charge in [0.1, 0.15) is 61.0 Å². The summed E-state index contributed by atoms with van der Waals surface area (Å²) in [5.41, 5.74) is 8.26. The molecule has 1 heterocycles. The number of hydrogen-bond acceptors (Lipinski definition) is 13. The normalized spacial score (nSPS) is 23.5. The Labute approximate surface area is 480 Å². The average Bonchev–Trinajstić information content (AvgIpc) is 3.56. The second-order valence-electron chi connectivity index (χ2n) is 20.5. The van der Waals surface area contributed by atoms with Crippen LogP contribution in [0.25, 0.3) is 11.1 Å². The maximum Gasteiger partial charge on any atom is 0.187 e. The minimum absolute atomic E-state index is 0.0688. The van der Waals surface area contributed by atoms with Crippen LogP contribution in [0.3, 0.4) is 0 Å². The smallest absolute Gasteiger partial charge is 0.187 e. The Kier molecular flexibility index (Phi) is 21.1. The molecule has 0 radical (unpaired) electrons. The van der Waals surface area contributed by atoms with Crippen molar-refractivity contribution in [2.24, 2.45) is 0 Å². The lowest BCUT2D eigenvalue weighted by Crippen LogP contribution is -2.69. The van der Waals surface area contributed by atoms with E-state index in [1.807, 2.05) is 224 Å². The van der Waals surface area contributed by atoms with Gasteiger partial charge in [0.2, 0.25) is 0 Å². The molecule has 13 heteroatoms. The van der Waals surface area contributed by atoms with Crippen LogP contribution in [-0.2, 0) is 88.9 Å². The van der Waals surface area contributed by atoms with Crippen molar-refractivity contribution in [2.75, 3.05) is 20.8 Å². The van der Waals surface area contributed by atoms with Gasteiger partial charge >= 0.3 is 0 Å². The minimum atomic E-state index is -1.60. The predicted molar refractivity (Wildman–Crippen MR) is 310 cm³/mol. The first-order valence-corrected chi connectivity index (χ1v) is 27.9. The molecule has 0 bridgehead atoms. The van der Waals surface area contributed by atoms with Gasteiger partial charge in [-0.05, 0) is 62.2 Å². The molecule has 2 aliphatic rings. The van der Waals surface area contributed by atoms with Crippen molar-refractivity contribution >= 4 is 0 Å². The van der Waals surface area contributed by atoms with Gasteiger partial charge in [-0.3, -0.25) is 0 Å². The van der Waals surface area contributed by atoms with Crippen LogP contribution in [0.2, 0.25) is 0 Å². The van der Waals surface area contributed by atoms with Crippen LogP contribution < -0.4 is 9.47 Å². The molecule has 0 unspecified atom stereocenters. The monoisotopic (exact) mass is 1110 g/mol. The van der Waals surface area contributed by atoms with Crippen molar-refractivity contribution in [3.8, 4) is 22.6 Å². The van der Waals surface area contributed by atoms with E-state index in [9.17, 15) is 10.2 Å². The third-order valence-corrected chi connectivity index (χ3v) is 14.8. The summed E-state index contributed by atoms with van der Waals surface area (Å²) in [6.45, 7) is 1.27. The van der Waals surface area contributed by atoms with Crippen molar-refractivity contribution in [1.82, 2.24) is 0 Å². The molecule has 1 aliphatic carbocycles. The van der Waals surface area contributed by atoms with E-state index in [4.69, 9.17) is 52.1 Å². The molecule has 426 valence electrons. The van der Waals surface area contributed by atoms with Gasteiger partial charge < -0.3 is 62.3 Å². The van der Waals surface area contributed by atoms with Crippen LogP contribution in [0.15, 0.2) is 224 Å². The van der Waals surface area contributed by atoms with E-state index in [1.54, 1.807) is 14.2 Å². The van der Waals surface area contributed by atoms with E-state index >= 15 is 0 Å². The van der Waals surface area contributed by atoms with Crippen LogP contribution in [0.5, 0.6) is 11.5 Å². The molecule has 0 aromatic heterocycles. The Hall–Kier alpha value is -7.08. The second kappa shape index (κ2) is 29.8. The van der Waals surface area contributed by atoms with E-state index in [0.29, 0.717) is 18.1 Å². The SMILES string of the molecule is COc1ccc(-c2ccc(CO[C@H]3[C@@H](O)[C@@H](O)[C@H](O[C@H]4O[C@H](COCc5ccccc5)[C@@H](OCc5ccccc5)[C@H](OCc5ccccc5)[C@@H]4OCc4ccccc4)[C@@H](OCc4ccccc4)[C@@H]3OCc3ccccc3)cc2)cc1OC. The summed E-state index contributed by atoms with van der Waals surface area (Å²) in [5.74, 6) is 1.26. The number of rotatable bonds is 27. The Morgan fingerprint density at radius 1 is 0.329 bits per heavy atom. The molecule has 82 heavy (non-hydrogen) atoms. The lowest BCUT2D eigenvalue weighted by molar-refractivity contribution is -0.361. The summed E-state index contributed by atoms with van der Waals surface area (Å²) in [5, 5.41) is 25.4. The minimum Gasteiger partial charge on any atom is -0.493 e. The van der Waals surface area contributed by atoms with Crippen LogP contribution >= 0.6 is 0 Å². The van der Waals surface area contributed by atoms with E-state index in [-0.39, 0.29) is 46.2 Å². The molecular formula is C69H72O13. The summed E-state index contributed by atoms with van der Waals surface area (Å²) < 4.78 is 73.6. The topological polar surface area (TPSA) is 142 Å². The van der Waals surface area contributed by atoms with Gasteiger partial charge in [0.05, 0.1) is 67.1 Å². The summed E-state index contributed by atoms with van der Waals surface area (Å²) in [7, 11) is 3.22. The van der Waals surface area contributed by atoms with Crippen LogP contribution in [0.1, 0.15) is 38.9 Å². The van der Waals surface area contributed by atoms with Gasteiger partial charge in [0, 0.05) is 0 Å². The zero-order valence-electron chi connectivity index (χ0n) is 46.3. The van der Waals surface area contributed by atoms with Crippen LogP contribution in [0, 0.1) is 0 Å². The molecule has 1 aliphatic heterocycles. The second-order valence-corrected chi connectivity index (χ2v) is 20.5. The fourth-order valence-corrected chi connectivity index (χ4v) is 10.4. The first kappa shape index (κ1) is 58.1. The van der Waals surface area contributed by atoms with Gasteiger partial charge in [0.15, 0.2) is 17.8 Å². The van der Waals surface area contributed by atoms with Crippen molar-refractivity contribution < 1.29 is 62.3 Å². The van der Waals surface area contributed by atoms with Gasteiger partial charge in [-0.1, -0.05) is 212 Å². The number of aliphatic hydroxyl groups is 2. The van der Waals surface area contributed by atoms with Gasteiger partial charge in [-0.15, -0.1) is 0 Å². The highest BCUT2D eigenvalue weighted by atomic mass is 16.7. The number of benzene rings is 8. The third kappa shape index (κ3) is 15.5. The molecule has 11 atom stereocenters. The number of hydrogen-bond donors (Lipinski definition) is 2. The Bertz CT molecular complexity index is 3090. The fraction of sp³-hybridized carbons (Fsp3) is 0.304. The van der Waals surface area contributed by atoms with E-state index in [2.05, 4.69) is 0 Å². The summed E-state index contributed by atoms with van der Waals surface area (Å²) in [4.78, 5) is 0. The molecule has 8 aromatic rings. The molecule has 2 N–H and O–H groups in total. The van der Waals surface area contributed by atoms with Crippen LogP contribution in [-0.4, -0.2) is 98.4 Å². The van der Waals surface area contributed by atoms with Crippen molar-refractivity contribution in [3.63, 3.8) is 0 Å².